The Morgan fingerprint density at radius 2 is 1.86 bits per heavy atom. The van der Waals surface area contributed by atoms with Crippen LogP contribution in [0.5, 0.6) is 0 Å². The number of amides is 1. The number of hydrogen-bond donors (Lipinski definition) is 1. The summed E-state index contributed by atoms with van der Waals surface area (Å²) in [4.78, 5) is 16.0. The molecular formula is C18H13F3N2O3S2. The third-order valence-electron chi connectivity index (χ3n) is 4.32. The highest BCUT2D eigenvalue weighted by atomic mass is 32.2. The number of benzene rings is 2. The van der Waals surface area contributed by atoms with Crippen LogP contribution in [-0.2, 0) is 9.84 Å². The predicted octanol–water partition coefficient (Wildman–Crippen LogP) is 4.72. The van der Waals surface area contributed by atoms with Crippen LogP contribution < -0.4 is 5.32 Å². The predicted molar refractivity (Wildman–Crippen MR) is 99.2 cm³/mol. The third-order valence-corrected chi connectivity index (χ3v) is 7.04. The van der Waals surface area contributed by atoms with Gasteiger partial charge in [0.25, 0.3) is 15.7 Å². The molecule has 1 heterocycles. The average molecular weight is 426 g/mol. The molecule has 1 amide bonds. The van der Waals surface area contributed by atoms with E-state index in [4.69, 9.17) is 0 Å². The maximum atomic E-state index is 12.9. The van der Waals surface area contributed by atoms with Gasteiger partial charge in [0.2, 0.25) is 0 Å². The largest absolute Gasteiger partial charge is 0.501 e. The second-order valence-corrected chi connectivity index (χ2v) is 9.38. The zero-order chi connectivity index (χ0) is 20.1. The highest BCUT2D eigenvalue weighted by molar-refractivity contribution is 7.92. The van der Waals surface area contributed by atoms with Gasteiger partial charge in [-0.3, -0.25) is 4.79 Å². The number of fused-ring (bicyclic) bond motifs is 1. The van der Waals surface area contributed by atoms with E-state index in [0.29, 0.717) is 11.6 Å². The van der Waals surface area contributed by atoms with Gasteiger partial charge in [0.15, 0.2) is 0 Å². The van der Waals surface area contributed by atoms with E-state index >= 15 is 0 Å². The van der Waals surface area contributed by atoms with E-state index < -0.39 is 31.7 Å². The van der Waals surface area contributed by atoms with Crippen molar-refractivity contribution in [2.45, 2.75) is 29.2 Å². The minimum absolute atomic E-state index is 0.350. The Morgan fingerprint density at radius 1 is 1.14 bits per heavy atom. The number of thiazole rings is 1. The number of halogens is 3. The quantitative estimate of drug-likeness (QED) is 0.655. The van der Waals surface area contributed by atoms with E-state index in [2.05, 4.69) is 10.3 Å². The highest BCUT2D eigenvalue weighted by Crippen LogP contribution is 2.43. The number of hydrogen-bond acceptors (Lipinski definition) is 5. The number of nitrogens with zero attached hydrogens (tertiary/aromatic N) is 1. The fraction of sp³-hybridized carbons (Fsp3) is 0.222. The Balaban J connectivity index is 1.65. The van der Waals surface area contributed by atoms with Crippen LogP contribution in [0.4, 0.5) is 18.9 Å². The van der Waals surface area contributed by atoms with Crippen LogP contribution in [0.1, 0.15) is 34.1 Å². The van der Waals surface area contributed by atoms with Gasteiger partial charge in [-0.2, -0.15) is 13.2 Å². The molecule has 0 unspecified atom stereocenters. The van der Waals surface area contributed by atoms with Crippen LogP contribution >= 0.6 is 11.3 Å². The van der Waals surface area contributed by atoms with Gasteiger partial charge in [0.1, 0.15) is 0 Å². The second kappa shape index (κ2) is 6.56. The van der Waals surface area contributed by atoms with E-state index in [1.54, 1.807) is 18.2 Å². The molecule has 2 aromatic carbocycles. The van der Waals surface area contributed by atoms with Gasteiger partial charge in [-0.25, -0.2) is 13.4 Å². The second-order valence-electron chi connectivity index (χ2n) is 6.41. The van der Waals surface area contributed by atoms with Crippen LogP contribution in [0.2, 0.25) is 0 Å². The summed E-state index contributed by atoms with van der Waals surface area (Å²) in [7, 11) is -5.65. The number of sulfone groups is 1. The number of rotatable bonds is 4. The van der Waals surface area contributed by atoms with Crippen molar-refractivity contribution in [1.82, 2.24) is 4.98 Å². The Bertz CT molecular complexity index is 1180. The maximum absolute atomic E-state index is 12.9. The van der Waals surface area contributed by atoms with Crippen molar-refractivity contribution in [3.05, 3.63) is 53.0 Å². The molecule has 5 nitrogen and oxygen atoms in total. The van der Waals surface area contributed by atoms with Crippen molar-refractivity contribution >= 4 is 43.0 Å². The third kappa shape index (κ3) is 3.37. The lowest BCUT2D eigenvalue weighted by Crippen LogP contribution is -2.26. The molecular weight excluding hydrogens is 413 g/mol. The molecule has 0 radical (unpaired) electrons. The summed E-state index contributed by atoms with van der Waals surface area (Å²) in [6.07, 6.45) is 2.21. The highest BCUT2D eigenvalue weighted by Gasteiger charge is 2.48. The molecule has 4 rings (SSSR count). The Labute approximate surface area is 162 Å². The number of carbonyl (C=O) groups excluding carboxylic acids is 1. The topological polar surface area (TPSA) is 76.1 Å². The number of anilines is 1. The van der Waals surface area contributed by atoms with Gasteiger partial charge in [0, 0.05) is 11.6 Å². The molecule has 0 saturated heterocycles. The zero-order valence-corrected chi connectivity index (χ0v) is 15.8. The summed E-state index contributed by atoms with van der Waals surface area (Å²) >= 11 is 1.51. The smallest absolute Gasteiger partial charge is 0.322 e. The first-order valence-corrected chi connectivity index (χ1v) is 10.6. The maximum Gasteiger partial charge on any atom is 0.501 e. The van der Waals surface area contributed by atoms with Gasteiger partial charge >= 0.3 is 5.51 Å². The van der Waals surface area contributed by atoms with E-state index in [0.717, 1.165) is 46.3 Å². The van der Waals surface area contributed by atoms with Crippen molar-refractivity contribution in [2.75, 3.05) is 5.32 Å². The number of alkyl halides is 3. The lowest BCUT2D eigenvalue weighted by Gasteiger charge is -2.12. The Hall–Kier alpha value is -2.46. The standard InChI is InChI=1S/C18H13F3N2O3S2/c19-18(20,21)28(25,26)15-4-2-1-3-12(15)16(24)22-11-7-8-13-14(9-11)27-17(23-13)10-5-6-10/h1-4,7-10H,5-6H2,(H,22,24). The molecule has 146 valence electrons. The molecule has 3 aromatic rings. The fourth-order valence-corrected chi connectivity index (χ4v) is 4.87. The van der Waals surface area contributed by atoms with Crippen molar-refractivity contribution in [3.8, 4) is 0 Å². The van der Waals surface area contributed by atoms with E-state index in [1.165, 1.54) is 17.4 Å². The first kappa shape index (κ1) is 18.9. The minimum Gasteiger partial charge on any atom is -0.322 e. The Kier molecular flexibility index (Phi) is 4.42. The van der Waals surface area contributed by atoms with Gasteiger partial charge in [-0.05, 0) is 43.2 Å². The monoisotopic (exact) mass is 426 g/mol. The SMILES string of the molecule is O=C(Nc1ccc2nc(C3CC3)sc2c1)c1ccccc1S(=O)(=O)C(F)(F)F. The fourth-order valence-electron chi connectivity index (χ4n) is 2.74. The lowest BCUT2D eigenvalue weighted by atomic mass is 10.2. The summed E-state index contributed by atoms with van der Waals surface area (Å²) in [5.41, 5.74) is -4.93. The first-order chi connectivity index (χ1) is 13.2. The van der Waals surface area contributed by atoms with E-state index in [1.807, 2.05) is 0 Å². The molecule has 28 heavy (non-hydrogen) atoms. The van der Waals surface area contributed by atoms with Gasteiger partial charge in [0.05, 0.1) is 25.7 Å². The number of carbonyl (C=O) groups is 1. The number of nitrogens with one attached hydrogen (secondary N) is 1. The summed E-state index contributed by atoms with van der Waals surface area (Å²) < 4.78 is 63.1. The minimum atomic E-state index is -5.65. The van der Waals surface area contributed by atoms with Gasteiger partial charge < -0.3 is 5.32 Å². The first-order valence-electron chi connectivity index (χ1n) is 8.29. The molecule has 1 aromatic heterocycles. The molecule has 1 N–H and O–H groups in total. The van der Waals surface area contributed by atoms with E-state index in [9.17, 15) is 26.4 Å². The zero-order valence-electron chi connectivity index (χ0n) is 14.2. The molecule has 1 aliphatic rings. The van der Waals surface area contributed by atoms with Crippen LogP contribution in [0.3, 0.4) is 0 Å². The van der Waals surface area contributed by atoms with Crippen LogP contribution in [0.15, 0.2) is 47.4 Å². The van der Waals surface area contributed by atoms with Crippen LogP contribution in [0, 0.1) is 0 Å². The summed E-state index contributed by atoms with van der Waals surface area (Å²) in [6.45, 7) is 0. The molecule has 0 atom stereocenters. The Morgan fingerprint density at radius 3 is 2.54 bits per heavy atom. The summed E-state index contributed by atoms with van der Waals surface area (Å²) in [6, 6.07) is 9.23. The molecule has 1 saturated carbocycles. The molecule has 1 fully saturated rings. The molecule has 0 aliphatic heterocycles. The molecule has 0 bridgehead atoms. The summed E-state index contributed by atoms with van der Waals surface area (Å²) in [5, 5.41) is 3.50. The molecule has 10 heteroatoms. The molecule has 1 aliphatic carbocycles. The van der Waals surface area contributed by atoms with Gasteiger partial charge in [-0.15, -0.1) is 11.3 Å². The normalized spacial score (nSPS) is 15.0. The summed E-state index contributed by atoms with van der Waals surface area (Å²) in [5.74, 6) is -0.454. The van der Waals surface area contributed by atoms with Crippen LogP contribution in [0.25, 0.3) is 10.2 Å². The average Bonchev–Trinajstić information content (AvgIpc) is 3.40. The van der Waals surface area contributed by atoms with Crippen molar-refractivity contribution in [1.29, 1.82) is 0 Å². The molecule has 0 spiro atoms. The van der Waals surface area contributed by atoms with Crippen molar-refractivity contribution in [2.24, 2.45) is 0 Å². The number of aromatic nitrogens is 1. The van der Waals surface area contributed by atoms with Gasteiger partial charge in [-0.1, -0.05) is 12.1 Å². The van der Waals surface area contributed by atoms with Crippen molar-refractivity contribution in [3.63, 3.8) is 0 Å². The van der Waals surface area contributed by atoms with Crippen LogP contribution in [-0.4, -0.2) is 24.8 Å². The van der Waals surface area contributed by atoms with Crippen molar-refractivity contribution < 1.29 is 26.4 Å². The van der Waals surface area contributed by atoms with E-state index in [-0.39, 0.29) is 0 Å². The lowest BCUT2D eigenvalue weighted by molar-refractivity contribution is -0.0436.